The summed E-state index contributed by atoms with van der Waals surface area (Å²) in [6, 6.07) is 57.5. The molecule has 0 radical (unpaired) electrons. The van der Waals surface area contributed by atoms with Crippen LogP contribution in [0.25, 0.3) is 6.08 Å². The van der Waals surface area contributed by atoms with Gasteiger partial charge in [-0.3, -0.25) is 28.8 Å². The molecule has 12 unspecified atom stereocenters. The van der Waals surface area contributed by atoms with E-state index in [1.807, 2.05) is 179 Å². The third-order valence-electron chi connectivity index (χ3n) is 22.6. The lowest BCUT2D eigenvalue weighted by Crippen LogP contribution is -2.49. The molecule has 5 aliphatic heterocycles. The van der Waals surface area contributed by atoms with Crippen molar-refractivity contribution in [3.8, 4) is 0 Å². The summed E-state index contributed by atoms with van der Waals surface area (Å²) < 4.78 is 25.9. The number of nitroso groups, excluding NO2 is 1. The second kappa shape index (κ2) is 43.1. The number of carboxylic acids is 1. The number of aromatic nitrogens is 2. The molecule has 12 atom stereocenters. The van der Waals surface area contributed by atoms with Crippen LogP contribution < -0.4 is 57.2 Å². The van der Waals surface area contributed by atoms with Gasteiger partial charge in [-0.05, 0) is 181 Å². The van der Waals surface area contributed by atoms with E-state index >= 15 is 0 Å². The maximum atomic E-state index is 13.0. The second-order valence-corrected chi connectivity index (χ2v) is 35.8. The fourth-order valence-electron chi connectivity index (χ4n) is 15.9. The van der Waals surface area contributed by atoms with Gasteiger partial charge in [-0.1, -0.05) is 174 Å². The molecular weight excluding hydrogens is 1710 g/mol. The average Bonchev–Trinajstić information content (AvgIpc) is 1.58. The Bertz CT molecular complexity index is 5650. The fourth-order valence-corrected chi connectivity index (χ4v) is 15.9. The average molecular weight is 1830 g/mol. The second-order valence-electron chi connectivity index (χ2n) is 35.8. The van der Waals surface area contributed by atoms with Gasteiger partial charge in [0.15, 0.2) is 11.4 Å². The number of amides is 11. The molecule has 132 heavy (non-hydrogen) atoms. The molecule has 3 aliphatic carbocycles. The molecule has 0 bridgehead atoms. The number of halogens is 1. The number of ether oxygens (including phenoxy) is 3. The molecule has 8 aliphatic rings. The van der Waals surface area contributed by atoms with Crippen molar-refractivity contribution >= 4 is 113 Å². The first-order valence-corrected chi connectivity index (χ1v) is 42.8. The highest BCUT2D eigenvalue weighted by molar-refractivity contribution is 6.06. The number of benzene rings is 7. The number of likely N-dealkylation sites (N-methyl/N-ethyl adjacent to an activating group) is 5. The molecule has 0 saturated heterocycles. The molecular formula is C97H114ClN15O19. The van der Waals surface area contributed by atoms with E-state index in [0.717, 1.165) is 58.7 Å². The van der Waals surface area contributed by atoms with Crippen molar-refractivity contribution in [1.29, 1.82) is 0 Å². The summed E-state index contributed by atoms with van der Waals surface area (Å²) in [5.41, 5.74) is 20.6. The predicted molar refractivity (Wildman–Crippen MR) is 498 cm³/mol. The van der Waals surface area contributed by atoms with Crippen molar-refractivity contribution in [2.75, 3.05) is 66.8 Å². The fraction of sp³-hybridized carbons (Fsp3) is 0.371. The first-order chi connectivity index (χ1) is 62.0. The number of fused-ring (bicyclic) bond motifs is 11. The van der Waals surface area contributed by atoms with Crippen molar-refractivity contribution < 1.29 is 86.2 Å². The number of carboxylic acid groups (broad SMARTS) is 1. The summed E-state index contributed by atoms with van der Waals surface area (Å²) >= 11 is 0. The Morgan fingerprint density at radius 2 is 0.833 bits per heavy atom. The third-order valence-corrected chi connectivity index (χ3v) is 22.6. The highest BCUT2D eigenvalue weighted by Crippen LogP contribution is 2.57. The van der Waals surface area contributed by atoms with Crippen molar-refractivity contribution in [3.63, 3.8) is 0 Å². The number of para-hydroxylation sites is 5. The number of alkyl carbamates (subject to hydrolysis) is 3. The summed E-state index contributed by atoms with van der Waals surface area (Å²) in [7, 11) is 9.83. The third kappa shape index (κ3) is 25.9. The monoisotopic (exact) mass is 1830 g/mol. The minimum absolute atomic E-state index is 0. The van der Waals surface area contributed by atoms with E-state index in [4.69, 9.17) is 34.1 Å². The van der Waals surface area contributed by atoms with Crippen LogP contribution in [0.4, 0.5) is 47.6 Å². The Kier molecular flexibility index (Phi) is 32.6. The Morgan fingerprint density at radius 1 is 0.470 bits per heavy atom. The van der Waals surface area contributed by atoms with Gasteiger partial charge in [-0.25, -0.2) is 24.0 Å². The minimum Gasteiger partial charge on any atom is -0.476 e. The molecule has 0 spiro atoms. The van der Waals surface area contributed by atoms with E-state index in [1.165, 1.54) is 39.6 Å². The minimum atomic E-state index is -1.07. The normalized spacial score (nSPS) is 21.2. The van der Waals surface area contributed by atoms with Gasteiger partial charge >= 0.3 is 30.3 Å². The number of carbonyl (C=O) groups excluding carboxylic acids is 10. The number of hydrogen-bond donors (Lipinski definition) is 8. The molecule has 7 heterocycles. The van der Waals surface area contributed by atoms with Gasteiger partial charge in [-0.15, -0.1) is 17.3 Å². The number of carbonyl (C=O) groups is 11. The van der Waals surface area contributed by atoms with E-state index < -0.39 is 77.4 Å². The van der Waals surface area contributed by atoms with E-state index in [9.17, 15) is 62.8 Å². The number of aliphatic hydroxyl groups excluding tert-OH is 1. The number of hydrogen-bond acceptors (Lipinski definition) is 22. The Balaban J connectivity index is 0.000000164. The van der Waals surface area contributed by atoms with Crippen LogP contribution in [0, 0.1) is 22.7 Å². The Labute approximate surface area is 771 Å². The van der Waals surface area contributed by atoms with Crippen molar-refractivity contribution in [1.82, 2.24) is 36.6 Å². The van der Waals surface area contributed by atoms with Crippen LogP contribution in [0.3, 0.4) is 0 Å². The largest absolute Gasteiger partial charge is 0.476 e. The van der Waals surface area contributed by atoms with Gasteiger partial charge in [-0.2, -0.15) is 5.01 Å². The number of anilines is 5. The van der Waals surface area contributed by atoms with Gasteiger partial charge in [0.1, 0.15) is 52.5 Å². The van der Waals surface area contributed by atoms with Gasteiger partial charge in [0.25, 0.3) is 11.8 Å². The van der Waals surface area contributed by atoms with E-state index in [1.54, 1.807) is 115 Å². The lowest BCUT2D eigenvalue weighted by Gasteiger charge is -2.25. The van der Waals surface area contributed by atoms with Crippen LogP contribution in [0.5, 0.6) is 0 Å². The Morgan fingerprint density at radius 3 is 1.27 bits per heavy atom. The van der Waals surface area contributed by atoms with Crippen LogP contribution >= 0.6 is 12.4 Å². The quantitative estimate of drug-likeness (QED) is 0.0339. The van der Waals surface area contributed by atoms with E-state index in [0.29, 0.717) is 64.3 Å². The van der Waals surface area contributed by atoms with Crippen LogP contribution in [0.15, 0.2) is 215 Å². The number of aliphatic hydroxyl groups is 1. The molecule has 17 rings (SSSR count). The molecule has 11 amide bonds. The lowest BCUT2D eigenvalue weighted by atomic mass is 10.0. The molecule has 698 valence electrons. The van der Waals surface area contributed by atoms with Crippen LogP contribution in [0.1, 0.15) is 183 Å². The van der Waals surface area contributed by atoms with Gasteiger partial charge < -0.3 is 90.7 Å². The van der Waals surface area contributed by atoms with Gasteiger partial charge in [0.2, 0.25) is 23.6 Å². The van der Waals surface area contributed by atoms with Gasteiger partial charge in [0, 0.05) is 102 Å². The van der Waals surface area contributed by atoms with Gasteiger partial charge in [0.05, 0.1) is 23.1 Å². The molecule has 2 aromatic heterocycles. The maximum Gasteiger partial charge on any atom is 0.408 e. The molecule has 35 heteroatoms. The number of urea groups is 1. The van der Waals surface area contributed by atoms with E-state index in [2.05, 4.69) is 60.8 Å². The number of rotatable bonds is 11. The van der Waals surface area contributed by atoms with Crippen LogP contribution in [0.2, 0.25) is 0 Å². The standard InChI is InChI=1S/C23H21N3O3.C17H22N2O3.C16H22N2O4.C16H20N2O3.C12H14N2O.C11H9NO3.C2H5N3O2.ClH/c1-26-20-10-6-5-9-16(20)17-13-18(17)21(23(26)28)24-22(27)19-12-15(29-25-19)11-14-7-3-2-4-8-14;1-17(2,3)22-16(21)18-14-12-9-11(12)10-7-5-6-8-13(10)19(4)15(14)20;1-16(2,3)22-15(21)17-11-9-13(19)10-7-5-6-8-12(10)18(4)14(11)20;1-16(2,3)21-15(20)17-12-10-9-11-7-5-6-8-13(11)18(4)14(12)19;1-14-10-5-3-2-4-7(10)8-6-9(8)11(13)12(14)15;13-11(14)10-7-9(15-12-10)6-8-4-2-1-3-5-8;1-5(4-7)2(3)6;/h2-10,12,17-18,21H,11,13H2,1H3,(H,24,27);5-8,11-12,14H,9H2,1-4H3,(H,18,21);5-8,11,13,19H,9H2,1-4H3,(H,17,21);5-10,12H,1-4H3,(H,17,20);2-5,8-9,11H,6,13H2,1H3;1-5,7H,6H2,(H,13,14);1H3,(H2,3,6);1H. The molecule has 34 nitrogen and oxygen atoms in total. The van der Waals surface area contributed by atoms with E-state index in [-0.39, 0.29) is 83.5 Å². The topological polar surface area (TPSA) is 457 Å². The number of aromatic carboxylic acids is 1. The zero-order valence-electron chi connectivity index (χ0n) is 76.2. The summed E-state index contributed by atoms with van der Waals surface area (Å²) in [5, 5.41) is 39.8. The summed E-state index contributed by atoms with van der Waals surface area (Å²) in [4.78, 5) is 149. The first kappa shape index (κ1) is 100. The SMILES string of the molecule is CN(N=O)C(N)=O.CN1C(=O)C(N)C2CC2c2ccccc21.CN1C(=O)C(NC(=O)OC(C)(C)C)C2CC2c2ccccc21.CN1C(=O)C(NC(=O)OC(C)(C)C)C=Cc2ccccc21.CN1C(=O)C(NC(=O)OC(C)(C)C)CC(O)c2ccccc21.CN1C(=O)C(NC(=O)c2cc(Cc3ccccc3)on2)C2CC2c2ccccc21.Cl.O=C(O)c1cc(Cc2ccccc2)on1. The van der Waals surface area contributed by atoms with Crippen molar-refractivity contribution in [2.24, 2.45) is 34.5 Å². The first-order valence-electron chi connectivity index (χ1n) is 42.8. The summed E-state index contributed by atoms with van der Waals surface area (Å²) in [6.07, 6.45) is 5.00. The van der Waals surface area contributed by atoms with Crippen LogP contribution in [-0.2, 0) is 51.0 Å². The molecule has 7 aromatic carbocycles. The zero-order valence-corrected chi connectivity index (χ0v) is 77.0. The number of nitrogens with one attached hydrogen (secondary N) is 4. The van der Waals surface area contributed by atoms with Crippen molar-refractivity contribution in [2.45, 2.75) is 172 Å². The summed E-state index contributed by atoms with van der Waals surface area (Å²) in [6.45, 7) is 16.0. The zero-order chi connectivity index (χ0) is 95.3. The smallest absolute Gasteiger partial charge is 0.408 e. The Hall–Kier alpha value is -14.1. The van der Waals surface area contributed by atoms with Crippen molar-refractivity contribution in [3.05, 3.63) is 267 Å². The van der Waals surface area contributed by atoms with Crippen LogP contribution in [-0.4, -0.2) is 181 Å². The number of primary amides is 1. The predicted octanol–water partition coefficient (Wildman–Crippen LogP) is 13.5. The maximum absolute atomic E-state index is 13.0. The number of nitrogens with zero attached hydrogens (tertiary/aromatic N) is 9. The molecule has 3 fully saturated rings. The number of nitrogens with two attached hydrogens (primary N) is 2. The summed E-state index contributed by atoms with van der Waals surface area (Å²) in [5.74, 6) is 0.890. The molecule has 3 saturated carbocycles. The lowest BCUT2D eigenvalue weighted by molar-refractivity contribution is -0.121. The highest BCUT2D eigenvalue weighted by atomic mass is 35.5. The molecule has 10 N–H and O–H groups in total. The highest BCUT2D eigenvalue weighted by Gasteiger charge is 2.54. The molecule has 9 aromatic rings.